The van der Waals surface area contributed by atoms with E-state index in [0.717, 1.165) is 10.1 Å². The molecule has 2 aromatic carbocycles. The van der Waals surface area contributed by atoms with Gasteiger partial charge in [-0.2, -0.15) is 0 Å². The lowest BCUT2D eigenvalue weighted by atomic mass is 10.2. The molecule has 0 saturated heterocycles. The summed E-state index contributed by atoms with van der Waals surface area (Å²) < 4.78 is 14.5. The average Bonchev–Trinajstić information content (AvgIpc) is 3.25. The minimum absolute atomic E-state index is 0.0226. The molecule has 0 aliphatic heterocycles. The Morgan fingerprint density at radius 1 is 1.33 bits per heavy atom. The Balaban J connectivity index is 1.52. The molecule has 1 atom stereocenters. The number of carbonyl (C=O) groups is 2. The fourth-order valence-electron chi connectivity index (χ4n) is 2.83. The molecule has 0 aliphatic carbocycles. The Morgan fingerprint density at radius 3 is 2.93 bits per heavy atom. The van der Waals surface area contributed by atoms with Crippen molar-refractivity contribution >= 4 is 56.3 Å². The Bertz CT molecular complexity index is 1100. The number of benzene rings is 2. The van der Waals surface area contributed by atoms with Crippen LogP contribution in [0.2, 0.25) is 5.02 Å². The number of fused-ring (bicyclic) bond motifs is 2. The zero-order valence-corrected chi connectivity index (χ0v) is 15.4. The normalized spacial score (nSPS) is 12.4. The second-order valence-corrected chi connectivity index (χ2v) is 7.53. The number of H-pyrrole nitrogens is 1. The Morgan fingerprint density at radius 2 is 2.15 bits per heavy atom. The van der Waals surface area contributed by atoms with Gasteiger partial charge in [-0.3, -0.25) is 4.79 Å². The van der Waals surface area contributed by atoms with Crippen molar-refractivity contribution in [3.8, 4) is 0 Å². The molecular weight excluding hydrogens is 389 g/mol. The van der Waals surface area contributed by atoms with Crippen LogP contribution in [0.25, 0.3) is 21.1 Å². The van der Waals surface area contributed by atoms with Gasteiger partial charge in [-0.25, -0.2) is 9.37 Å². The van der Waals surface area contributed by atoms with Crippen LogP contribution >= 0.6 is 22.9 Å². The van der Waals surface area contributed by atoms with Gasteiger partial charge >= 0.3 is 0 Å². The first-order valence-corrected chi connectivity index (χ1v) is 9.31. The maximum atomic E-state index is 13.5. The number of aromatic nitrogens is 2. The summed E-state index contributed by atoms with van der Waals surface area (Å²) >= 11 is 7.12. The lowest BCUT2D eigenvalue weighted by molar-refractivity contribution is -0.109. The van der Waals surface area contributed by atoms with Gasteiger partial charge in [-0.15, -0.1) is 11.3 Å². The molecule has 5 nitrogen and oxygen atoms in total. The van der Waals surface area contributed by atoms with E-state index in [-0.39, 0.29) is 17.4 Å². The van der Waals surface area contributed by atoms with Gasteiger partial charge < -0.3 is 15.1 Å². The quantitative estimate of drug-likeness (QED) is 0.494. The molecule has 0 radical (unpaired) electrons. The minimum Gasteiger partial charge on any atom is -0.342 e. The van der Waals surface area contributed by atoms with E-state index >= 15 is 0 Å². The third-order valence-electron chi connectivity index (χ3n) is 4.12. The van der Waals surface area contributed by atoms with Crippen molar-refractivity contribution in [2.75, 3.05) is 0 Å². The number of carbonyl (C=O) groups excluding carboxylic acids is 2. The molecule has 0 spiro atoms. The molecule has 1 unspecified atom stereocenters. The van der Waals surface area contributed by atoms with Crippen molar-refractivity contribution in [3.05, 3.63) is 64.0 Å². The molecule has 2 N–H and O–H groups in total. The third-order valence-corrected chi connectivity index (χ3v) is 5.52. The highest BCUT2D eigenvalue weighted by molar-refractivity contribution is 7.20. The van der Waals surface area contributed by atoms with Crippen LogP contribution in [-0.4, -0.2) is 28.2 Å². The summed E-state index contributed by atoms with van der Waals surface area (Å²) in [4.78, 5) is 31.7. The number of nitrogens with one attached hydrogen (secondary N) is 2. The van der Waals surface area contributed by atoms with E-state index in [2.05, 4.69) is 15.3 Å². The summed E-state index contributed by atoms with van der Waals surface area (Å²) in [6.07, 6.45) is 0.819. The number of aromatic amines is 1. The number of thiophene rings is 1. The molecule has 2 aromatic heterocycles. The number of imidazole rings is 1. The number of nitrogens with zero attached hydrogens (tertiary/aromatic N) is 1. The smallest absolute Gasteiger partial charge is 0.261 e. The van der Waals surface area contributed by atoms with Gasteiger partial charge in [0, 0.05) is 17.2 Å². The van der Waals surface area contributed by atoms with Crippen molar-refractivity contribution in [2.24, 2.45) is 0 Å². The summed E-state index contributed by atoms with van der Waals surface area (Å²) in [6, 6.07) is 11.4. The van der Waals surface area contributed by atoms with E-state index in [4.69, 9.17) is 11.6 Å². The highest BCUT2D eigenvalue weighted by Gasteiger charge is 2.18. The summed E-state index contributed by atoms with van der Waals surface area (Å²) in [7, 11) is 0. The van der Waals surface area contributed by atoms with Gasteiger partial charge in [0.25, 0.3) is 5.91 Å². The van der Waals surface area contributed by atoms with E-state index in [9.17, 15) is 14.0 Å². The van der Waals surface area contributed by atoms with Crippen molar-refractivity contribution in [3.63, 3.8) is 0 Å². The maximum Gasteiger partial charge on any atom is 0.261 e. The van der Waals surface area contributed by atoms with Gasteiger partial charge in [0.05, 0.1) is 27.0 Å². The van der Waals surface area contributed by atoms with E-state index < -0.39 is 11.9 Å². The van der Waals surface area contributed by atoms with E-state index in [0.29, 0.717) is 28.0 Å². The monoisotopic (exact) mass is 401 g/mol. The largest absolute Gasteiger partial charge is 0.342 e. The van der Waals surface area contributed by atoms with Crippen LogP contribution in [0.4, 0.5) is 4.39 Å². The average molecular weight is 402 g/mol. The lowest BCUT2D eigenvalue weighted by Gasteiger charge is -2.10. The first-order chi connectivity index (χ1) is 13.0. The Hall–Kier alpha value is -2.77. The van der Waals surface area contributed by atoms with E-state index in [1.807, 2.05) is 24.3 Å². The molecule has 8 heteroatoms. The molecule has 4 rings (SSSR count). The Labute approximate surface area is 162 Å². The molecule has 1 amide bonds. The van der Waals surface area contributed by atoms with Crippen LogP contribution in [0.5, 0.6) is 0 Å². The van der Waals surface area contributed by atoms with Crippen molar-refractivity contribution in [1.29, 1.82) is 0 Å². The zero-order chi connectivity index (χ0) is 19.0. The van der Waals surface area contributed by atoms with Crippen molar-refractivity contribution in [2.45, 2.75) is 12.5 Å². The number of hydrogen-bond donors (Lipinski definition) is 2. The topological polar surface area (TPSA) is 74.8 Å². The minimum atomic E-state index is -0.761. The number of aldehydes is 1. The maximum absolute atomic E-state index is 13.5. The van der Waals surface area contributed by atoms with Crippen molar-refractivity contribution in [1.82, 2.24) is 15.3 Å². The van der Waals surface area contributed by atoms with E-state index in [1.54, 1.807) is 6.07 Å². The van der Waals surface area contributed by atoms with E-state index in [1.165, 1.54) is 23.5 Å². The van der Waals surface area contributed by atoms with Crippen LogP contribution in [0, 0.1) is 5.82 Å². The zero-order valence-electron chi connectivity index (χ0n) is 13.8. The van der Waals surface area contributed by atoms with Crippen LogP contribution in [0.15, 0.2) is 42.5 Å². The number of hydrogen-bond acceptors (Lipinski definition) is 4. The molecule has 27 heavy (non-hydrogen) atoms. The molecule has 2 heterocycles. The summed E-state index contributed by atoms with van der Waals surface area (Å²) in [5.41, 5.74) is 0.976. The van der Waals surface area contributed by atoms with Gasteiger partial charge in [0.1, 0.15) is 17.9 Å². The van der Waals surface area contributed by atoms with Crippen molar-refractivity contribution < 1.29 is 14.0 Å². The Kier molecular flexibility index (Phi) is 4.63. The molecule has 0 saturated carbocycles. The molecule has 136 valence electrons. The summed E-state index contributed by atoms with van der Waals surface area (Å²) in [6.45, 7) is 0. The lowest BCUT2D eigenvalue weighted by Crippen LogP contribution is -2.37. The molecule has 0 bridgehead atoms. The molecule has 0 aliphatic rings. The predicted molar refractivity (Wildman–Crippen MR) is 104 cm³/mol. The predicted octanol–water partition coefficient (Wildman–Crippen LogP) is 4.11. The van der Waals surface area contributed by atoms with Crippen LogP contribution in [0.1, 0.15) is 15.5 Å². The van der Waals surface area contributed by atoms with Gasteiger partial charge in [0.15, 0.2) is 0 Å². The number of amides is 1. The first-order valence-electron chi connectivity index (χ1n) is 8.12. The van der Waals surface area contributed by atoms with Crippen LogP contribution in [0.3, 0.4) is 0 Å². The molecule has 4 aromatic rings. The van der Waals surface area contributed by atoms with Gasteiger partial charge in [0.2, 0.25) is 0 Å². The standard InChI is InChI=1S/C19H13ClFN3O2S/c20-12-7-14-15(8-13(12)21)24-18(23-14)6-11(9-25)22-19(26)17-5-10-3-1-2-4-16(10)27-17/h1-5,7-9,11H,6H2,(H,22,26)(H,23,24). The number of rotatable bonds is 5. The second-order valence-electron chi connectivity index (χ2n) is 6.04. The third kappa shape index (κ3) is 3.56. The SMILES string of the molecule is O=CC(Cc1nc2cc(Cl)c(F)cc2[nH]1)NC(=O)c1cc2ccccc2s1. The first kappa shape index (κ1) is 17.6. The van der Waals surface area contributed by atoms with Crippen LogP contribution < -0.4 is 5.32 Å². The molecule has 0 fully saturated rings. The summed E-state index contributed by atoms with van der Waals surface area (Å²) in [5, 5.41) is 3.66. The highest BCUT2D eigenvalue weighted by atomic mass is 35.5. The van der Waals surface area contributed by atoms with Gasteiger partial charge in [-0.05, 0) is 23.6 Å². The molecular formula is C19H13ClFN3O2S. The summed E-state index contributed by atoms with van der Waals surface area (Å²) in [5.74, 6) is -0.414. The van der Waals surface area contributed by atoms with Gasteiger partial charge in [-0.1, -0.05) is 29.8 Å². The number of halogens is 2. The highest BCUT2D eigenvalue weighted by Crippen LogP contribution is 2.25. The fraction of sp³-hybridized carbons (Fsp3) is 0.105. The fourth-order valence-corrected chi connectivity index (χ4v) is 3.95. The van der Waals surface area contributed by atoms with Crippen LogP contribution in [-0.2, 0) is 11.2 Å². The second kappa shape index (κ2) is 7.09.